The number of hydrogen-bond donors (Lipinski definition) is 1. The summed E-state index contributed by atoms with van der Waals surface area (Å²) in [6, 6.07) is 3.39. The van der Waals surface area contributed by atoms with Gasteiger partial charge in [-0.1, -0.05) is 32.4 Å². The van der Waals surface area contributed by atoms with Crippen LogP contribution in [0.4, 0.5) is 0 Å². The molecule has 5 heteroatoms. The second-order valence-electron chi connectivity index (χ2n) is 5.80. The van der Waals surface area contributed by atoms with Crippen LogP contribution in [0.1, 0.15) is 50.9 Å². The molecule has 0 radical (unpaired) electrons. The molecule has 0 bridgehead atoms. The molecule has 1 aromatic carbocycles. The maximum Gasteiger partial charge on any atom is 0.251 e. The summed E-state index contributed by atoms with van der Waals surface area (Å²) >= 11 is 6.26. The normalized spacial score (nSPS) is 12.1. The molecule has 0 saturated carbocycles. The third-order valence-electron chi connectivity index (χ3n) is 3.42. The van der Waals surface area contributed by atoms with Crippen molar-refractivity contribution < 1.29 is 14.3 Å². The molecule has 0 unspecified atom stereocenters. The van der Waals surface area contributed by atoms with E-state index < -0.39 is 0 Å². The van der Waals surface area contributed by atoms with Crippen LogP contribution < -0.4 is 14.8 Å². The molecule has 1 aromatic rings. The Morgan fingerprint density at radius 2 is 2.00 bits per heavy atom. The number of ether oxygens (including phenoxy) is 2. The van der Waals surface area contributed by atoms with Crippen molar-refractivity contribution in [3.63, 3.8) is 0 Å². The van der Waals surface area contributed by atoms with Gasteiger partial charge in [0.05, 0.1) is 18.7 Å². The maximum absolute atomic E-state index is 12.2. The van der Waals surface area contributed by atoms with Crippen LogP contribution >= 0.6 is 11.6 Å². The van der Waals surface area contributed by atoms with E-state index in [0.717, 1.165) is 12.8 Å². The second kappa shape index (κ2) is 8.89. The standard InChI is InChI=1S/C17H26ClNO3/c1-6-12(4)19-17(20)13-9-14(18)16(15(10-13)21-5)22-8-7-11(2)3/h9-12H,6-8H2,1-5H3,(H,19,20)/t12-/m0/s1. The Kier molecular flexibility index (Phi) is 7.52. The molecule has 124 valence electrons. The molecular formula is C17H26ClNO3. The molecule has 0 aliphatic heterocycles. The average Bonchev–Trinajstić information content (AvgIpc) is 2.47. The summed E-state index contributed by atoms with van der Waals surface area (Å²) < 4.78 is 11.0. The largest absolute Gasteiger partial charge is 0.493 e. The molecule has 0 aliphatic carbocycles. The predicted molar refractivity (Wildman–Crippen MR) is 90.2 cm³/mol. The van der Waals surface area contributed by atoms with Crippen molar-refractivity contribution in [2.75, 3.05) is 13.7 Å². The summed E-state index contributed by atoms with van der Waals surface area (Å²) in [7, 11) is 1.54. The highest BCUT2D eigenvalue weighted by molar-refractivity contribution is 6.32. The van der Waals surface area contributed by atoms with Crippen LogP contribution in [0, 0.1) is 5.92 Å². The lowest BCUT2D eigenvalue weighted by atomic mass is 10.1. The van der Waals surface area contributed by atoms with Gasteiger partial charge in [-0.15, -0.1) is 0 Å². The summed E-state index contributed by atoms with van der Waals surface area (Å²) in [5, 5.41) is 3.29. The van der Waals surface area contributed by atoms with Gasteiger partial charge in [-0.3, -0.25) is 4.79 Å². The highest BCUT2D eigenvalue weighted by Crippen LogP contribution is 2.36. The number of benzene rings is 1. The van der Waals surface area contributed by atoms with E-state index in [1.54, 1.807) is 12.1 Å². The number of nitrogens with one attached hydrogen (secondary N) is 1. The summed E-state index contributed by atoms with van der Waals surface area (Å²) in [6.07, 6.45) is 1.79. The average molecular weight is 328 g/mol. The molecular weight excluding hydrogens is 302 g/mol. The van der Waals surface area contributed by atoms with Crippen molar-refractivity contribution in [1.29, 1.82) is 0 Å². The molecule has 1 N–H and O–H groups in total. The molecule has 1 atom stereocenters. The molecule has 0 heterocycles. The zero-order valence-electron chi connectivity index (χ0n) is 14.0. The van der Waals surface area contributed by atoms with Crippen LogP contribution in [-0.2, 0) is 0 Å². The second-order valence-corrected chi connectivity index (χ2v) is 6.21. The fourth-order valence-corrected chi connectivity index (χ4v) is 2.06. The molecule has 0 aliphatic rings. The van der Waals surface area contributed by atoms with Gasteiger partial charge in [-0.2, -0.15) is 0 Å². The number of methoxy groups -OCH3 is 1. The third kappa shape index (κ3) is 5.41. The Bertz CT molecular complexity index is 503. The van der Waals surface area contributed by atoms with E-state index >= 15 is 0 Å². The topological polar surface area (TPSA) is 47.6 Å². The van der Waals surface area contributed by atoms with Crippen molar-refractivity contribution in [3.05, 3.63) is 22.7 Å². The first-order chi connectivity index (χ1) is 10.4. The molecule has 1 amide bonds. The number of halogens is 1. The molecule has 22 heavy (non-hydrogen) atoms. The maximum atomic E-state index is 12.2. The van der Waals surface area contributed by atoms with E-state index in [-0.39, 0.29) is 11.9 Å². The molecule has 4 nitrogen and oxygen atoms in total. The van der Waals surface area contributed by atoms with Crippen LogP contribution in [0.25, 0.3) is 0 Å². The lowest BCUT2D eigenvalue weighted by Gasteiger charge is -2.16. The number of hydrogen-bond acceptors (Lipinski definition) is 3. The monoisotopic (exact) mass is 327 g/mol. The first-order valence-corrected chi connectivity index (χ1v) is 8.08. The highest BCUT2D eigenvalue weighted by Gasteiger charge is 2.17. The summed E-state index contributed by atoms with van der Waals surface area (Å²) in [6.45, 7) is 8.80. The molecule has 0 spiro atoms. The molecule has 0 aromatic heterocycles. The van der Waals surface area contributed by atoms with E-state index in [4.69, 9.17) is 21.1 Å². The van der Waals surface area contributed by atoms with Crippen LogP contribution in [0.15, 0.2) is 12.1 Å². The Morgan fingerprint density at radius 3 is 2.55 bits per heavy atom. The van der Waals surface area contributed by atoms with Gasteiger partial charge in [-0.05, 0) is 37.8 Å². The van der Waals surface area contributed by atoms with Gasteiger partial charge in [0.2, 0.25) is 0 Å². The van der Waals surface area contributed by atoms with Gasteiger partial charge in [0, 0.05) is 11.6 Å². The van der Waals surface area contributed by atoms with Gasteiger partial charge < -0.3 is 14.8 Å². The molecule has 0 saturated heterocycles. The predicted octanol–water partition coefficient (Wildman–Crippen LogP) is 4.30. The summed E-state index contributed by atoms with van der Waals surface area (Å²) in [5.41, 5.74) is 0.471. The van der Waals surface area contributed by atoms with Gasteiger partial charge in [-0.25, -0.2) is 0 Å². The van der Waals surface area contributed by atoms with Crippen molar-refractivity contribution in [2.45, 2.75) is 46.6 Å². The van der Waals surface area contributed by atoms with Crippen LogP contribution in [-0.4, -0.2) is 25.7 Å². The molecule has 1 rings (SSSR count). The lowest BCUT2D eigenvalue weighted by molar-refractivity contribution is 0.0939. The van der Waals surface area contributed by atoms with E-state index in [1.807, 2.05) is 13.8 Å². The smallest absolute Gasteiger partial charge is 0.251 e. The van der Waals surface area contributed by atoms with E-state index in [0.29, 0.717) is 34.6 Å². The van der Waals surface area contributed by atoms with E-state index in [2.05, 4.69) is 19.2 Å². The van der Waals surface area contributed by atoms with Gasteiger partial charge in [0.15, 0.2) is 11.5 Å². The fraction of sp³-hybridized carbons (Fsp3) is 0.588. The van der Waals surface area contributed by atoms with Crippen molar-refractivity contribution in [3.8, 4) is 11.5 Å². The van der Waals surface area contributed by atoms with Gasteiger partial charge in [0.25, 0.3) is 5.91 Å². The van der Waals surface area contributed by atoms with Gasteiger partial charge in [0.1, 0.15) is 0 Å². The third-order valence-corrected chi connectivity index (χ3v) is 3.70. The Morgan fingerprint density at radius 1 is 1.32 bits per heavy atom. The summed E-state index contributed by atoms with van der Waals surface area (Å²) in [5.74, 6) is 1.35. The number of carbonyl (C=O) groups is 1. The highest BCUT2D eigenvalue weighted by atomic mass is 35.5. The quantitative estimate of drug-likeness (QED) is 0.774. The Hall–Kier alpha value is -1.42. The minimum atomic E-state index is -0.164. The zero-order chi connectivity index (χ0) is 16.7. The first-order valence-electron chi connectivity index (χ1n) is 7.70. The number of carbonyl (C=O) groups excluding carboxylic acids is 1. The van der Waals surface area contributed by atoms with Gasteiger partial charge >= 0.3 is 0 Å². The van der Waals surface area contributed by atoms with Crippen LogP contribution in [0.3, 0.4) is 0 Å². The van der Waals surface area contributed by atoms with Crippen LogP contribution in [0.2, 0.25) is 5.02 Å². The SMILES string of the molecule is CC[C@H](C)NC(=O)c1cc(Cl)c(OCCC(C)C)c(OC)c1. The Balaban J connectivity index is 2.92. The molecule has 0 fully saturated rings. The fourth-order valence-electron chi connectivity index (χ4n) is 1.80. The van der Waals surface area contributed by atoms with E-state index in [9.17, 15) is 4.79 Å². The Labute approximate surface area is 138 Å². The van der Waals surface area contributed by atoms with Crippen molar-refractivity contribution in [1.82, 2.24) is 5.32 Å². The minimum absolute atomic E-state index is 0.110. The van der Waals surface area contributed by atoms with E-state index in [1.165, 1.54) is 7.11 Å². The van der Waals surface area contributed by atoms with Crippen LogP contribution in [0.5, 0.6) is 11.5 Å². The van der Waals surface area contributed by atoms with Crippen molar-refractivity contribution >= 4 is 17.5 Å². The first kappa shape index (κ1) is 18.6. The minimum Gasteiger partial charge on any atom is -0.493 e. The zero-order valence-corrected chi connectivity index (χ0v) is 14.8. The summed E-state index contributed by atoms with van der Waals surface area (Å²) in [4.78, 5) is 12.2. The number of amides is 1. The lowest BCUT2D eigenvalue weighted by Crippen LogP contribution is -2.31. The van der Waals surface area contributed by atoms with Crippen molar-refractivity contribution in [2.24, 2.45) is 5.92 Å². The number of rotatable bonds is 8.